The Labute approximate surface area is 121 Å². The Kier molecular flexibility index (Phi) is 4.48. The van der Waals surface area contributed by atoms with Crippen LogP contribution in [-0.2, 0) is 4.74 Å². The monoisotopic (exact) mass is 276 g/mol. The van der Waals surface area contributed by atoms with Crippen molar-refractivity contribution >= 4 is 5.78 Å². The average molecular weight is 276 g/mol. The molecule has 4 unspecified atom stereocenters. The number of benzene rings is 1. The summed E-state index contributed by atoms with van der Waals surface area (Å²) in [6, 6.07) is 7.43. The van der Waals surface area contributed by atoms with E-state index >= 15 is 0 Å². The highest BCUT2D eigenvalue weighted by atomic mass is 16.5. The number of rotatable bonds is 4. The van der Waals surface area contributed by atoms with Crippen molar-refractivity contribution in [2.24, 2.45) is 11.8 Å². The van der Waals surface area contributed by atoms with Gasteiger partial charge in [-0.3, -0.25) is 4.79 Å². The summed E-state index contributed by atoms with van der Waals surface area (Å²) in [6.07, 6.45) is 0.266. The lowest BCUT2D eigenvalue weighted by Crippen LogP contribution is -2.26. The van der Waals surface area contributed by atoms with Crippen molar-refractivity contribution in [3.05, 3.63) is 29.8 Å². The minimum Gasteiger partial charge on any atom is -0.491 e. The van der Waals surface area contributed by atoms with Crippen LogP contribution in [0.5, 0.6) is 5.75 Å². The predicted octanol–water partition coefficient (Wildman–Crippen LogP) is 3.72. The Morgan fingerprint density at radius 3 is 2.15 bits per heavy atom. The van der Waals surface area contributed by atoms with Gasteiger partial charge in [0, 0.05) is 5.56 Å². The van der Waals surface area contributed by atoms with E-state index in [1.807, 2.05) is 52.0 Å². The van der Waals surface area contributed by atoms with E-state index < -0.39 is 0 Å². The summed E-state index contributed by atoms with van der Waals surface area (Å²) in [5.74, 6) is 1.17. The van der Waals surface area contributed by atoms with Crippen LogP contribution in [0.3, 0.4) is 0 Å². The molecule has 0 aliphatic carbocycles. The van der Waals surface area contributed by atoms with Crippen LogP contribution >= 0.6 is 0 Å². The lowest BCUT2D eigenvalue weighted by molar-refractivity contribution is 0.0491. The van der Waals surface area contributed by atoms with Crippen LogP contribution in [0.1, 0.15) is 45.0 Å². The first kappa shape index (κ1) is 15.0. The van der Waals surface area contributed by atoms with Gasteiger partial charge in [-0.05, 0) is 57.9 Å². The highest BCUT2D eigenvalue weighted by Gasteiger charge is 2.41. The fraction of sp³-hybridized carbons (Fsp3) is 0.588. The van der Waals surface area contributed by atoms with Crippen LogP contribution in [0.2, 0.25) is 0 Å². The van der Waals surface area contributed by atoms with Crippen molar-refractivity contribution < 1.29 is 14.3 Å². The van der Waals surface area contributed by atoms with Crippen LogP contribution < -0.4 is 4.74 Å². The van der Waals surface area contributed by atoms with Gasteiger partial charge in [-0.15, -0.1) is 0 Å². The van der Waals surface area contributed by atoms with Crippen molar-refractivity contribution in [2.45, 2.75) is 52.9 Å². The Balaban J connectivity index is 2.13. The van der Waals surface area contributed by atoms with Crippen LogP contribution in [0, 0.1) is 11.8 Å². The number of hydrogen-bond acceptors (Lipinski definition) is 3. The first-order valence-corrected chi connectivity index (χ1v) is 7.36. The average Bonchev–Trinajstić information content (AvgIpc) is 2.63. The molecule has 20 heavy (non-hydrogen) atoms. The molecule has 3 nitrogen and oxygen atoms in total. The SMILES string of the molecule is CC(C)Oc1ccc(C(=O)C2C(C)OC(C)C2C)cc1. The van der Waals surface area contributed by atoms with E-state index in [0.29, 0.717) is 0 Å². The van der Waals surface area contributed by atoms with Gasteiger partial charge in [-0.25, -0.2) is 0 Å². The number of carbonyl (C=O) groups is 1. The fourth-order valence-electron chi connectivity index (χ4n) is 2.88. The molecule has 0 saturated carbocycles. The largest absolute Gasteiger partial charge is 0.491 e. The zero-order valence-electron chi connectivity index (χ0n) is 12.9. The fourth-order valence-corrected chi connectivity index (χ4v) is 2.88. The molecular formula is C17H24O3. The van der Waals surface area contributed by atoms with E-state index in [0.717, 1.165) is 11.3 Å². The minimum absolute atomic E-state index is 0.0147. The smallest absolute Gasteiger partial charge is 0.168 e. The van der Waals surface area contributed by atoms with Crippen LogP contribution in [0.15, 0.2) is 24.3 Å². The second kappa shape index (κ2) is 5.96. The molecule has 0 radical (unpaired) electrons. The van der Waals surface area contributed by atoms with Gasteiger partial charge in [0.1, 0.15) is 5.75 Å². The highest BCUT2D eigenvalue weighted by Crippen LogP contribution is 2.34. The van der Waals surface area contributed by atoms with E-state index in [1.165, 1.54) is 0 Å². The summed E-state index contributed by atoms with van der Waals surface area (Å²) >= 11 is 0. The highest BCUT2D eigenvalue weighted by molar-refractivity contribution is 5.98. The summed E-state index contributed by atoms with van der Waals surface area (Å²) in [6.45, 7) is 10.1. The Hall–Kier alpha value is -1.35. The predicted molar refractivity (Wildman–Crippen MR) is 79.2 cm³/mol. The van der Waals surface area contributed by atoms with Gasteiger partial charge in [0.2, 0.25) is 0 Å². The van der Waals surface area contributed by atoms with E-state index in [-0.39, 0.29) is 35.9 Å². The molecule has 0 aromatic heterocycles. The molecule has 4 atom stereocenters. The summed E-state index contributed by atoms with van der Waals surface area (Å²) in [7, 11) is 0. The summed E-state index contributed by atoms with van der Waals surface area (Å²) in [5.41, 5.74) is 0.738. The summed E-state index contributed by atoms with van der Waals surface area (Å²) in [5, 5.41) is 0. The third-order valence-corrected chi connectivity index (χ3v) is 4.06. The first-order chi connectivity index (χ1) is 9.40. The molecule has 1 aromatic rings. The number of hydrogen-bond donors (Lipinski definition) is 0. The quantitative estimate of drug-likeness (QED) is 0.786. The minimum atomic E-state index is -0.0538. The molecule has 1 aromatic carbocycles. The molecule has 3 heteroatoms. The van der Waals surface area contributed by atoms with Crippen LogP contribution in [0.25, 0.3) is 0 Å². The van der Waals surface area contributed by atoms with Gasteiger partial charge < -0.3 is 9.47 Å². The molecule has 0 bridgehead atoms. The molecule has 110 valence electrons. The number of ether oxygens (including phenoxy) is 2. The molecule has 1 saturated heterocycles. The molecule has 2 rings (SSSR count). The van der Waals surface area contributed by atoms with Crippen molar-refractivity contribution in [3.63, 3.8) is 0 Å². The van der Waals surface area contributed by atoms with Gasteiger partial charge in [0.15, 0.2) is 5.78 Å². The molecule has 0 spiro atoms. The van der Waals surface area contributed by atoms with E-state index in [4.69, 9.17) is 9.47 Å². The number of carbonyl (C=O) groups excluding carboxylic acids is 1. The normalized spacial score (nSPS) is 29.7. The molecule has 0 N–H and O–H groups in total. The van der Waals surface area contributed by atoms with Crippen LogP contribution in [-0.4, -0.2) is 24.1 Å². The van der Waals surface area contributed by atoms with E-state index in [2.05, 4.69) is 6.92 Å². The third kappa shape index (κ3) is 3.04. The Morgan fingerprint density at radius 2 is 1.70 bits per heavy atom. The zero-order chi connectivity index (χ0) is 14.9. The van der Waals surface area contributed by atoms with Crippen molar-refractivity contribution in [2.75, 3.05) is 0 Å². The van der Waals surface area contributed by atoms with Gasteiger partial charge >= 0.3 is 0 Å². The van der Waals surface area contributed by atoms with E-state index in [9.17, 15) is 4.79 Å². The topological polar surface area (TPSA) is 35.5 Å². The molecular weight excluding hydrogens is 252 g/mol. The zero-order valence-corrected chi connectivity index (χ0v) is 12.9. The molecule has 1 fully saturated rings. The van der Waals surface area contributed by atoms with Crippen molar-refractivity contribution in [1.82, 2.24) is 0 Å². The van der Waals surface area contributed by atoms with Crippen molar-refractivity contribution in [1.29, 1.82) is 0 Å². The van der Waals surface area contributed by atoms with Gasteiger partial charge in [-0.1, -0.05) is 6.92 Å². The van der Waals surface area contributed by atoms with Crippen LogP contribution in [0.4, 0.5) is 0 Å². The molecule has 0 amide bonds. The number of ketones is 1. The third-order valence-electron chi connectivity index (χ3n) is 4.06. The standard InChI is InChI=1S/C17H24O3/c1-10(2)19-15-8-6-14(7-9-15)17(18)16-11(3)12(4)20-13(16)5/h6-13,16H,1-5H3. The first-order valence-electron chi connectivity index (χ1n) is 7.36. The molecule has 1 aliphatic heterocycles. The van der Waals surface area contributed by atoms with Gasteiger partial charge in [-0.2, -0.15) is 0 Å². The maximum Gasteiger partial charge on any atom is 0.168 e. The summed E-state index contributed by atoms with van der Waals surface area (Å²) in [4.78, 5) is 12.6. The second-order valence-corrected chi connectivity index (χ2v) is 5.99. The lowest BCUT2D eigenvalue weighted by atomic mass is 9.83. The van der Waals surface area contributed by atoms with Gasteiger partial charge in [0.05, 0.1) is 24.2 Å². The number of Topliss-reactive ketones (excluding diaryl/α,β-unsaturated/α-hetero) is 1. The lowest BCUT2D eigenvalue weighted by Gasteiger charge is -2.17. The van der Waals surface area contributed by atoms with E-state index in [1.54, 1.807) is 0 Å². The molecule has 1 heterocycles. The Bertz CT molecular complexity index is 464. The second-order valence-electron chi connectivity index (χ2n) is 5.99. The maximum atomic E-state index is 12.6. The van der Waals surface area contributed by atoms with Crippen molar-refractivity contribution in [3.8, 4) is 5.75 Å². The van der Waals surface area contributed by atoms with Gasteiger partial charge in [0.25, 0.3) is 0 Å². The molecule has 1 aliphatic rings. The Morgan fingerprint density at radius 1 is 1.10 bits per heavy atom. The maximum absolute atomic E-state index is 12.6. The summed E-state index contributed by atoms with van der Waals surface area (Å²) < 4.78 is 11.4.